The molecule has 0 aliphatic carbocycles. The van der Waals surface area contributed by atoms with Gasteiger partial charge in [0.2, 0.25) is 0 Å². The topological polar surface area (TPSA) is 54.3 Å². The molecule has 0 aliphatic heterocycles. The van der Waals surface area contributed by atoms with Gasteiger partial charge in [-0.25, -0.2) is 4.98 Å². The molecule has 0 radical (unpaired) electrons. The van der Waals surface area contributed by atoms with Gasteiger partial charge in [-0.1, -0.05) is 23.5 Å². The molecule has 0 saturated carbocycles. The average Bonchev–Trinajstić information content (AvgIpc) is 3.21. The number of anilines is 1. The van der Waals surface area contributed by atoms with Crippen LogP contribution in [0.4, 0.5) is 5.13 Å². The van der Waals surface area contributed by atoms with Crippen LogP contribution in [-0.4, -0.2) is 52.8 Å². The van der Waals surface area contributed by atoms with Gasteiger partial charge in [-0.2, -0.15) is 5.10 Å². The lowest BCUT2D eigenvalue weighted by Crippen LogP contribution is -2.33. The second kappa shape index (κ2) is 7.55. The zero-order valence-electron chi connectivity index (χ0n) is 16.0. The predicted molar refractivity (Wildman–Crippen MR) is 107 cm³/mol. The van der Waals surface area contributed by atoms with Crippen LogP contribution in [0.5, 0.6) is 0 Å². The first-order valence-corrected chi connectivity index (χ1v) is 9.51. The molecule has 0 fully saturated rings. The fraction of sp³-hybridized carbons (Fsp3) is 0.421. The smallest absolute Gasteiger partial charge is 0.280 e. The standard InChI is InChI=1S/C19H25N5OS/c1-13-7-8-14(2)17-16(13)20-19(26-17)24(11-6-10-22(3)4)18(25)15-9-12-23(5)21-15/h7-9,12H,6,10-11H2,1-5H3. The fourth-order valence-electron chi connectivity index (χ4n) is 2.86. The maximum atomic E-state index is 13.1. The Morgan fingerprint density at radius 2 is 1.88 bits per heavy atom. The van der Waals surface area contributed by atoms with E-state index in [1.165, 1.54) is 5.56 Å². The third-order valence-electron chi connectivity index (χ3n) is 4.33. The molecule has 26 heavy (non-hydrogen) atoms. The third-order valence-corrected chi connectivity index (χ3v) is 5.54. The molecular weight excluding hydrogens is 346 g/mol. The van der Waals surface area contributed by atoms with Crippen molar-refractivity contribution in [2.75, 3.05) is 32.1 Å². The minimum atomic E-state index is -0.0984. The van der Waals surface area contributed by atoms with Crippen LogP contribution in [-0.2, 0) is 7.05 Å². The molecule has 7 heteroatoms. The Kier molecular flexibility index (Phi) is 5.38. The van der Waals surface area contributed by atoms with Gasteiger partial charge >= 0.3 is 0 Å². The number of carbonyl (C=O) groups excluding carboxylic acids is 1. The van der Waals surface area contributed by atoms with Crippen molar-refractivity contribution in [3.05, 3.63) is 41.2 Å². The number of benzene rings is 1. The first kappa shape index (κ1) is 18.5. The zero-order valence-corrected chi connectivity index (χ0v) is 16.8. The Labute approximate surface area is 158 Å². The van der Waals surface area contributed by atoms with Crippen LogP contribution < -0.4 is 4.90 Å². The third kappa shape index (κ3) is 3.78. The number of hydrogen-bond acceptors (Lipinski definition) is 5. The first-order chi connectivity index (χ1) is 12.4. The van der Waals surface area contributed by atoms with Crippen LogP contribution in [0.2, 0.25) is 0 Å². The molecule has 3 aromatic rings. The van der Waals surface area contributed by atoms with Crippen LogP contribution in [0.25, 0.3) is 10.2 Å². The molecule has 3 rings (SSSR count). The van der Waals surface area contributed by atoms with Crippen molar-refractivity contribution in [1.29, 1.82) is 0 Å². The maximum Gasteiger partial charge on any atom is 0.280 e. The Hall–Kier alpha value is -2.25. The quantitative estimate of drug-likeness (QED) is 0.667. The molecule has 6 nitrogen and oxygen atoms in total. The van der Waals surface area contributed by atoms with E-state index in [0.29, 0.717) is 12.2 Å². The minimum absolute atomic E-state index is 0.0984. The molecule has 2 heterocycles. The van der Waals surface area contributed by atoms with E-state index in [0.717, 1.165) is 33.9 Å². The molecule has 0 aliphatic rings. The van der Waals surface area contributed by atoms with Crippen molar-refractivity contribution >= 4 is 32.6 Å². The van der Waals surface area contributed by atoms with E-state index in [2.05, 4.69) is 36.0 Å². The van der Waals surface area contributed by atoms with Crippen LogP contribution >= 0.6 is 11.3 Å². The highest BCUT2D eigenvalue weighted by atomic mass is 32.1. The van der Waals surface area contributed by atoms with E-state index in [9.17, 15) is 4.79 Å². The largest absolute Gasteiger partial charge is 0.309 e. The van der Waals surface area contributed by atoms with Gasteiger partial charge in [0.25, 0.3) is 5.91 Å². The molecule has 0 bridgehead atoms. The van der Waals surface area contributed by atoms with Gasteiger partial charge < -0.3 is 4.90 Å². The summed E-state index contributed by atoms with van der Waals surface area (Å²) < 4.78 is 2.80. The predicted octanol–water partition coefficient (Wildman–Crippen LogP) is 3.25. The van der Waals surface area contributed by atoms with Crippen LogP contribution in [0.15, 0.2) is 24.4 Å². The Morgan fingerprint density at radius 3 is 2.50 bits per heavy atom. The monoisotopic (exact) mass is 371 g/mol. The van der Waals surface area contributed by atoms with E-state index < -0.39 is 0 Å². The van der Waals surface area contributed by atoms with E-state index in [-0.39, 0.29) is 5.91 Å². The zero-order chi connectivity index (χ0) is 18.8. The molecule has 2 aromatic heterocycles. The van der Waals surface area contributed by atoms with Crippen LogP contribution in [0.1, 0.15) is 28.0 Å². The number of nitrogens with zero attached hydrogens (tertiary/aromatic N) is 5. The lowest BCUT2D eigenvalue weighted by molar-refractivity contribution is 0.0980. The lowest BCUT2D eigenvalue weighted by Gasteiger charge is -2.20. The molecule has 0 saturated heterocycles. The molecule has 0 spiro atoms. The summed E-state index contributed by atoms with van der Waals surface area (Å²) in [4.78, 5) is 21.8. The molecule has 138 valence electrons. The van der Waals surface area contributed by atoms with E-state index in [4.69, 9.17) is 4.98 Å². The molecule has 0 unspecified atom stereocenters. The van der Waals surface area contributed by atoms with Crippen molar-refractivity contribution in [2.45, 2.75) is 20.3 Å². The Balaban J connectivity index is 1.98. The van der Waals surface area contributed by atoms with Gasteiger partial charge in [-0.3, -0.25) is 14.4 Å². The first-order valence-electron chi connectivity index (χ1n) is 8.70. The van der Waals surface area contributed by atoms with E-state index in [1.807, 2.05) is 21.1 Å². The summed E-state index contributed by atoms with van der Waals surface area (Å²) in [6.07, 6.45) is 2.66. The molecule has 0 atom stereocenters. The van der Waals surface area contributed by atoms with E-state index in [1.54, 1.807) is 33.2 Å². The molecule has 1 amide bonds. The van der Waals surface area contributed by atoms with Crippen molar-refractivity contribution in [3.8, 4) is 0 Å². The number of carbonyl (C=O) groups is 1. The summed E-state index contributed by atoms with van der Waals surface area (Å²) in [7, 11) is 5.89. The second-order valence-corrected chi connectivity index (χ2v) is 7.84. The second-order valence-electron chi connectivity index (χ2n) is 6.86. The summed E-state index contributed by atoms with van der Waals surface area (Å²) in [6.45, 7) is 5.67. The minimum Gasteiger partial charge on any atom is -0.309 e. The fourth-order valence-corrected chi connectivity index (χ4v) is 4.00. The summed E-state index contributed by atoms with van der Waals surface area (Å²) in [6, 6.07) is 5.94. The number of thiazole rings is 1. The van der Waals surface area contributed by atoms with Gasteiger partial charge in [0.15, 0.2) is 10.8 Å². The number of rotatable bonds is 6. The highest BCUT2D eigenvalue weighted by molar-refractivity contribution is 7.22. The van der Waals surface area contributed by atoms with Crippen molar-refractivity contribution in [3.63, 3.8) is 0 Å². The number of fused-ring (bicyclic) bond motifs is 1. The molecular formula is C19H25N5OS. The normalized spacial score (nSPS) is 11.5. The van der Waals surface area contributed by atoms with Crippen LogP contribution in [0.3, 0.4) is 0 Å². The summed E-state index contributed by atoms with van der Waals surface area (Å²) >= 11 is 1.58. The van der Waals surface area contributed by atoms with Gasteiger partial charge in [-0.15, -0.1) is 0 Å². The van der Waals surface area contributed by atoms with Crippen molar-refractivity contribution in [2.24, 2.45) is 7.05 Å². The SMILES string of the molecule is Cc1ccc(C)c2sc(N(CCCN(C)C)C(=O)c3ccn(C)n3)nc12. The maximum absolute atomic E-state index is 13.1. The van der Waals surface area contributed by atoms with Crippen LogP contribution in [0, 0.1) is 13.8 Å². The number of aromatic nitrogens is 3. The van der Waals surface area contributed by atoms with E-state index >= 15 is 0 Å². The number of amides is 1. The van der Waals surface area contributed by atoms with Gasteiger partial charge in [0, 0.05) is 19.8 Å². The van der Waals surface area contributed by atoms with Crippen molar-refractivity contribution < 1.29 is 4.79 Å². The average molecular weight is 372 g/mol. The molecule has 1 aromatic carbocycles. The lowest BCUT2D eigenvalue weighted by atomic mass is 10.1. The Bertz CT molecular complexity index is 888. The highest BCUT2D eigenvalue weighted by Crippen LogP contribution is 2.33. The van der Waals surface area contributed by atoms with Gasteiger partial charge in [0.1, 0.15) is 0 Å². The summed E-state index contributed by atoms with van der Waals surface area (Å²) in [5, 5.41) is 5.02. The number of aryl methyl sites for hydroxylation is 3. The van der Waals surface area contributed by atoms with Crippen molar-refractivity contribution in [1.82, 2.24) is 19.7 Å². The number of hydrogen-bond donors (Lipinski definition) is 0. The molecule has 0 N–H and O–H groups in total. The van der Waals surface area contributed by atoms with Gasteiger partial charge in [0.05, 0.1) is 10.2 Å². The highest BCUT2D eigenvalue weighted by Gasteiger charge is 2.23. The summed E-state index contributed by atoms with van der Waals surface area (Å²) in [5.74, 6) is -0.0984. The Morgan fingerprint density at radius 1 is 1.15 bits per heavy atom. The van der Waals surface area contributed by atoms with Gasteiger partial charge in [-0.05, 0) is 58.1 Å². The summed E-state index contributed by atoms with van der Waals surface area (Å²) in [5.41, 5.74) is 3.75.